The lowest BCUT2D eigenvalue weighted by atomic mass is 9.69. The fraction of sp³-hybridized carbons (Fsp3) is 0.609. The smallest absolute Gasteiger partial charge is 0.330 e. The van der Waals surface area contributed by atoms with E-state index in [-0.39, 0.29) is 12.1 Å². The van der Waals surface area contributed by atoms with Crippen LogP contribution in [0.4, 0.5) is 0 Å². The van der Waals surface area contributed by atoms with Crippen molar-refractivity contribution in [3.63, 3.8) is 0 Å². The molecule has 1 aromatic rings. The summed E-state index contributed by atoms with van der Waals surface area (Å²) in [5.41, 5.74) is 2.88. The Hall–Kier alpha value is -1.57. The Morgan fingerprint density at radius 3 is 2.04 bits per heavy atom. The number of aryl methyl sites for hydroxylation is 1. The van der Waals surface area contributed by atoms with Gasteiger partial charge in [-0.1, -0.05) is 35.9 Å². The number of benzene rings is 1. The van der Waals surface area contributed by atoms with Crippen molar-refractivity contribution in [3.8, 4) is 0 Å². The molecule has 0 aliphatic heterocycles. The lowest BCUT2D eigenvalue weighted by Crippen LogP contribution is -2.29. The van der Waals surface area contributed by atoms with E-state index in [1.54, 1.807) is 6.08 Å². The molecule has 136 valence electrons. The van der Waals surface area contributed by atoms with Gasteiger partial charge in [0.2, 0.25) is 0 Å². The summed E-state index contributed by atoms with van der Waals surface area (Å²) in [5, 5.41) is 0. The molecule has 3 rings (SSSR count). The zero-order chi connectivity index (χ0) is 17.6. The molecule has 0 unspecified atom stereocenters. The van der Waals surface area contributed by atoms with Gasteiger partial charge in [-0.05, 0) is 88.5 Å². The summed E-state index contributed by atoms with van der Waals surface area (Å²) in [4.78, 5) is 11.6. The van der Waals surface area contributed by atoms with Crippen LogP contribution >= 0.6 is 0 Å². The number of allylic oxidation sites excluding steroid dienone is 1. The lowest BCUT2D eigenvalue weighted by Gasteiger charge is -2.37. The third-order valence-corrected chi connectivity index (χ3v) is 6.29. The quantitative estimate of drug-likeness (QED) is 0.500. The molecule has 0 heterocycles. The van der Waals surface area contributed by atoms with E-state index in [9.17, 15) is 4.79 Å². The van der Waals surface area contributed by atoms with Gasteiger partial charge in [0.15, 0.2) is 0 Å². The van der Waals surface area contributed by atoms with E-state index in [1.807, 2.05) is 6.92 Å². The van der Waals surface area contributed by atoms with Crippen LogP contribution in [0.25, 0.3) is 0 Å². The summed E-state index contributed by atoms with van der Waals surface area (Å²) >= 11 is 0. The van der Waals surface area contributed by atoms with E-state index < -0.39 is 0 Å². The van der Waals surface area contributed by atoms with E-state index in [2.05, 4.69) is 31.2 Å². The topological polar surface area (TPSA) is 26.3 Å². The van der Waals surface area contributed by atoms with Crippen LogP contribution in [0.5, 0.6) is 0 Å². The summed E-state index contributed by atoms with van der Waals surface area (Å²) in [7, 11) is 0. The van der Waals surface area contributed by atoms with Crippen molar-refractivity contribution >= 4 is 5.97 Å². The second-order valence-corrected chi connectivity index (χ2v) is 8.00. The number of carbonyl (C=O) groups excluding carboxylic acids is 1. The van der Waals surface area contributed by atoms with Crippen molar-refractivity contribution < 1.29 is 9.53 Å². The molecule has 2 saturated carbocycles. The van der Waals surface area contributed by atoms with Crippen molar-refractivity contribution in [2.24, 2.45) is 11.8 Å². The number of rotatable bonds is 4. The van der Waals surface area contributed by atoms with E-state index in [0.717, 1.165) is 30.6 Å². The van der Waals surface area contributed by atoms with Crippen LogP contribution in [0, 0.1) is 18.8 Å². The maximum Gasteiger partial charge on any atom is 0.330 e. The zero-order valence-corrected chi connectivity index (χ0v) is 15.7. The number of hydrogen-bond donors (Lipinski definition) is 0. The third kappa shape index (κ3) is 4.96. The molecule has 2 aliphatic carbocycles. The largest absolute Gasteiger partial charge is 0.459 e. The van der Waals surface area contributed by atoms with Gasteiger partial charge in [-0.3, -0.25) is 0 Å². The first kappa shape index (κ1) is 18.2. The van der Waals surface area contributed by atoms with Crippen LogP contribution in [0.15, 0.2) is 36.4 Å². The SMILES string of the molecule is C/C=C/C(=O)OC1CCC(C2CCC(c3ccc(C)cc3)CC2)CC1. The van der Waals surface area contributed by atoms with E-state index in [0.29, 0.717) is 0 Å². The highest BCUT2D eigenvalue weighted by atomic mass is 16.5. The summed E-state index contributed by atoms with van der Waals surface area (Å²) in [6.07, 6.45) is 13.4. The number of carbonyl (C=O) groups is 1. The van der Waals surface area contributed by atoms with Gasteiger partial charge in [0.05, 0.1) is 0 Å². The van der Waals surface area contributed by atoms with Gasteiger partial charge in [0.25, 0.3) is 0 Å². The minimum Gasteiger partial charge on any atom is -0.459 e. The van der Waals surface area contributed by atoms with E-state index in [1.165, 1.54) is 55.7 Å². The molecule has 0 atom stereocenters. The highest BCUT2D eigenvalue weighted by Gasteiger charge is 2.32. The molecule has 2 fully saturated rings. The van der Waals surface area contributed by atoms with Gasteiger partial charge < -0.3 is 4.74 Å². The standard InChI is InChI=1S/C23H32O2/c1-3-4-23(24)25-22-15-13-21(14-16-22)20-11-9-19(10-12-20)18-7-5-17(2)6-8-18/h3-8,19-22H,9-16H2,1-2H3/b4-3+. The number of esters is 1. The molecular formula is C23H32O2. The zero-order valence-electron chi connectivity index (χ0n) is 15.7. The van der Waals surface area contributed by atoms with Crippen LogP contribution in [-0.2, 0) is 9.53 Å². The second kappa shape index (κ2) is 8.69. The van der Waals surface area contributed by atoms with Gasteiger partial charge in [-0.15, -0.1) is 0 Å². The molecule has 1 aromatic carbocycles. The monoisotopic (exact) mass is 340 g/mol. The van der Waals surface area contributed by atoms with E-state index in [4.69, 9.17) is 4.74 Å². The molecule has 0 radical (unpaired) electrons. The first-order valence-corrected chi connectivity index (χ1v) is 10.1. The number of hydrogen-bond acceptors (Lipinski definition) is 2. The van der Waals surface area contributed by atoms with Crippen molar-refractivity contribution in [2.45, 2.75) is 77.2 Å². The molecule has 0 spiro atoms. The maximum atomic E-state index is 11.6. The number of ether oxygens (including phenoxy) is 1. The lowest BCUT2D eigenvalue weighted by molar-refractivity contribution is -0.145. The molecule has 0 N–H and O–H groups in total. The Morgan fingerprint density at radius 1 is 0.920 bits per heavy atom. The fourth-order valence-electron chi connectivity index (χ4n) is 4.78. The molecule has 0 aromatic heterocycles. The minimum atomic E-state index is -0.176. The van der Waals surface area contributed by atoms with Crippen molar-refractivity contribution in [2.75, 3.05) is 0 Å². The maximum absolute atomic E-state index is 11.6. The highest BCUT2D eigenvalue weighted by Crippen LogP contribution is 2.43. The minimum absolute atomic E-state index is 0.142. The molecule has 2 heteroatoms. The average Bonchev–Trinajstić information content (AvgIpc) is 2.63. The molecule has 2 aliphatic rings. The van der Waals surface area contributed by atoms with Crippen LogP contribution in [0.2, 0.25) is 0 Å². The first-order chi connectivity index (χ1) is 12.2. The normalized spacial score (nSPS) is 30.3. The molecule has 0 saturated heterocycles. The summed E-state index contributed by atoms with van der Waals surface area (Å²) in [6, 6.07) is 9.14. The predicted octanol–water partition coefficient (Wildman–Crippen LogP) is 5.95. The average molecular weight is 341 g/mol. The van der Waals surface area contributed by atoms with Gasteiger partial charge in [0.1, 0.15) is 6.10 Å². The Bertz CT molecular complexity index is 571. The Morgan fingerprint density at radius 2 is 1.48 bits per heavy atom. The molecular weight excluding hydrogens is 308 g/mol. The van der Waals surface area contributed by atoms with Crippen LogP contribution in [0.3, 0.4) is 0 Å². The summed E-state index contributed by atoms with van der Waals surface area (Å²) in [5.74, 6) is 2.31. The summed E-state index contributed by atoms with van der Waals surface area (Å²) < 4.78 is 5.53. The summed E-state index contributed by atoms with van der Waals surface area (Å²) in [6.45, 7) is 4.01. The van der Waals surface area contributed by atoms with Crippen LogP contribution < -0.4 is 0 Å². The Balaban J connectivity index is 1.43. The van der Waals surface area contributed by atoms with Gasteiger partial charge in [-0.2, -0.15) is 0 Å². The molecule has 0 bridgehead atoms. The van der Waals surface area contributed by atoms with Crippen molar-refractivity contribution in [1.82, 2.24) is 0 Å². The molecule has 0 amide bonds. The van der Waals surface area contributed by atoms with Gasteiger partial charge >= 0.3 is 5.97 Å². The second-order valence-electron chi connectivity index (χ2n) is 8.00. The third-order valence-electron chi connectivity index (χ3n) is 6.29. The Labute approximate surface area is 152 Å². The van der Waals surface area contributed by atoms with Gasteiger partial charge in [-0.25, -0.2) is 4.79 Å². The Kier molecular flexibility index (Phi) is 6.34. The molecule has 25 heavy (non-hydrogen) atoms. The van der Waals surface area contributed by atoms with Crippen molar-refractivity contribution in [1.29, 1.82) is 0 Å². The predicted molar refractivity (Wildman–Crippen MR) is 103 cm³/mol. The van der Waals surface area contributed by atoms with Crippen LogP contribution in [-0.4, -0.2) is 12.1 Å². The van der Waals surface area contributed by atoms with Crippen molar-refractivity contribution in [3.05, 3.63) is 47.5 Å². The first-order valence-electron chi connectivity index (χ1n) is 10.1. The fourth-order valence-corrected chi connectivity index (χ4v) is 4.78. The highest BCUT2D eigenvalue weighted by molar-refractivity contribution is 5.81. The molecule has 2 nitrogen and oxygen atoms in total. The van der Waals surface area contributed by atoms with E-state index >= 15 is 0 Å². The van der Waals surface area contributed by atoms with Gasteiger partial charge in [0, 0.05) is 6.08 Å². The van der Waals surface area contributed by atoms with Crippen LogP contribution in [0.1, 0.15) is 75.3 Å².